The zero-order chi connectivity index (χ0) is 27.2. The summed E-state index contributed by atoms with van der Waals surface area (Å²) in [6.07, 6.45) is 4.93. The Bertz CT molecular complexity index is 1460. The second-order valence-corrected chi connectivity index (χ2v) is 12.3. The van der Waals surface area contributed by atoms with Crippen LogP contribution in [0.2, 0.25) is 0 Å². The van der Waals surface area contributed by atoms with E-state index >= 15 is 0 Å². The van der Waals surface area contributed by atoms with Gasteiger partial charge in [-0.15, -0.1) is 34.4 Å². The van der Waals surface area contributed by atoms with Gasteiger partial charge in [0.05, 0.1) is 17.6 Å². The number of carbonyl (C=O) groups is 3. The van der Waals surface area contributed by atoms with Crippen LogP contribution in [0.3, 0.4) is 0 Å². The Hall–Kier alpha value is -3.40. The van der Waals surface area contributed by atoms with Crippen LogP contribution in [0.1, 0.15) is 60.5 Å². The highest BCUT2D eigenvalue weighted by Gasteiger charge is 2.29. The summed E-state index contributed by atoms with van der Waals surface area (Å²) in [5, 5.41) is 7.84. The smallest absolute Gasteiger partial charge is 0.341 e. The predicted octanol–water partition coefficient (Wildman–Crippen LogP) is 7.59. The molecule has 0 spiro atoms. The molecule has 2 aromatic carbocycles. The number of aryl methyl sites for hydroxylation is 1. The highest BCUT2D eigenvalue weighted by Crippen LogP contribution is 2.41. The summed E-state index contributed by atoms with van der Waals surface area (Å²) in [5.74, 6) is -0.805. The molecule has 2 N–H and O–H groups in total. The number of esters is 1. The molecule has 200 valence electrons. The number of anilines is 2. The Morgan fingerprint density at radius 2 is 1.74 bits per heavy atom. The number of methoxy groups -OCH3 is 1. The van der Waals surface area contributed by atoms with Crippen LogP contribution in [0.4, 0.5) is 10.7 Å². The van der Waals surface area contributed by atoms with E-state index in [2.05, 4.69) is 10.6 Å². The summed E-state index contributed by atoms with van der Waals surface area (Å²) in [4.78, 5) is 41.8. The molecule has 39 heavy (non-hydrogen) atoms. The fraction of sp³-hybridized carbons (Fsp3) is 0.233. The maximum absolute atomic E-state index is 13.8. The molecule has 1 unspecified atom stereocenters. The Kier molecular flexibility index (Phi) is 8.81. The second-order valence-electron chi connectivity index (χ2n) is 9.12. The normalized spacial score (nSPS) is 13.6. The monoisotopic (exact) mass is 576 g/mol. The molecule has 2 heterocycles. The Morgan fingerprint density at radius 3 is 2.51 bits per heavy atom. The third kappa shape index (κ3) is 6.43. The molecule has 0 bridgehead atoms. The van der Waals surface area contributed by atoms with E-state index in [-0.39, 0.29) is 11.8 Å². The summed E-state index contributed by atoms with van der Waals surface area (Å²) < 4.78 is 5.11. The lowest BCUT2D eigenvalue weighted by Crippen LogP contribution is -2.20. The minimum Gasteiger partial charge on any atom is -0.465 e. The van der Waals surface area contributed by atoms with Gasteiger partial charge in [0.15, 0.2) is 0 Å². The number of hydrogen-bond acceptors (Lipinski definition) is 7. The maximum atomic E-state index is 13.8. The summed E-state index contributed by atoms with van der Waals surface area (Å²) in [5.41, 5.74) is 2.99. The van der Waals surface area contributed by atoms with Gasteiger partial charge in [-0.3, -0.25) is 9.59 Å². The molecular formula is C30H28N2O4S3. The minimum atomic E-state index is -0.582. The molecule has 6 nitrogen and oxygen atoms in total. The topological polar surface area (TPSA) is 84.5 Å². The molecule has 4 aromatic rings. The second kappa shape index (κ2) is 12.6. The molecule has 0 radical (unpaired) electrons. The first-order valence-electron chi connectivity index (χ1n) is 12.7. The SMILES string of the molecule is COC(=O)c1c(NC(=O)C(Sc2cccc(NC(=O)c3cccs3)c2)c2ccccc2)sc2c1CCCCC2. The van der Waals surface area contributed by atoms with E-state index in [0.29, 0.717) is 21.1 Å². The van der Waals surface area contributed by atoms with Crippen LogP contribution in [0.5, 0.6) is 0 Å². The van der Waals surface area contributed by atoms with Crippen LogP contribution >= 0.6 is 34.4 Å². The number of amides is 2. The van der Waals surface area contributed by atoms with Gasteiger partial charge in [-0.2, -0.15) is 0 Å². The van der Waals surface area contributed by atoms with Crippen molar-refractivity contribution in [2.24, 2.45) is 0 Å². The van der Waals surface area contributed by atoms with Crippen LogP contribution in [0.15, 0.2) is 77.0 Å². The Labute approximate surface area is 239 Å². The largest absolute Gasteiger partial charge is 0.465 e. The van der Waals surface area contributed by atoms with E-state index in [4.69, 9.17) is 4.74 Å². The van der Waals surface area contributed by atoms with Crippen molar-refractivity contribution in [2.45, 2.75) is 42.2 Å². The molecule has 1 aliphatic rings. The zero-order valence-electron chi connectivity index (χ0n) is 21.4. The number of thiophene rings is 2. The molecule has 2 aromatic heterocycles. The summed E-state index contributed by atoms with van der Waals surface area (Å²) >= 11 is 4.26. The molecule has 2 amide bonds. The van der Waals surface area contributed by atoms with Crippen molar-refractivity contribution in [3.05, 3.63) is 98.6 Å². The summed E-state index contributed by atoms with van der Waals surface area (Å²) in [6.45, 7) is 0. The Morgan fingerprint density at radius 1 is 0.923 bits per heavy atom. The van der Waals surface area contributed by atoms with Gasteiger partial charge < -0.3 is 15.4 Å². The number of rotatable bonds is 8. The van der Waals surface area contributed by atoms with E-state index in [0.717, 1.165) is 53.0 Å². The van der Waals surface area contributed by atoms with Crippen molar-refractivity contribution >= 4 is 62.9 Å². The first-order chi connectivity index (χ1) is 19.0. The van der Waals surface area contributed by atoms with Crippen LogP contribution in [-0.2, 0) is 22.4 Å². The molecule has 0 saturated heterocycles. The number of benzene rings is 2. The fourth-order valence-corrected chi connectivity index (χ4v) is 7.59. The van der Waals surface area contributed by atoms with Crippen molar-refractivity contribution < 1.29 is 19.1 Å². The predicted molar refractivity (Wildman–Crippen MR) is 159 cm³/mol. The minimum absolute atomic E-state index is 0.169. The van der Waals surface area contributed by atoms with Crippen molar-refractivity contribution in [1.29, 1.82) is 0 Å². The lowest BCUT2D eigenvalue weighted by atomic mass is 10.1. The van der Waals surface area contributed by atoms with Gasteiger partial charge in [0.2, 0.25) is 5.91 Å². The molecule has 5 rings (SSSR count). The molecule has 9 heteroatoms. The lowest BCUT2D eigenvalue weighted by Gasteiger charge is -2.18. The van der Waals surface area contributed by atoms with Gasteiger partial charge in [-0.1, -0.05) is 48.9 Å². The number of thioether (sulfide) groups is 1. The van der Waals surface area contributed by atoms with Gasteiger partial charge in [-0.05, 0) is 66.5 Å². The third-order valence-electron chi connectivity index (χ3n) is 6.48. The van der Waals surface area contributed by atoms with Gasteiger partial charge in [0.25, 0.3) is 5.91 Å². The van der Waals surface area contributed by atoms with Gasteiger partial charge in [0, 0.05) is 15.5 Å². The highest BCUT2D eigenvalue weighted by atomic mass is 32.2. The van der Waals surface area contributed by atoms with Crippen LogP contribution in [-0.4, -0.2) is 24.9 Å². The van der Waals surface area contributed by atoms with Gasteiger partial charge >= 0.3 is 5.97 Å². The first-order valence-corrected chi connectivity index (χ1v) is 15.3. The average Bonchev–Trinajstić information content (AvgIpc) is 3.55. The van der Waals surface area contributed by atoms with Crippen molar-refractivity contribution in [2.75, 3.05) is 17.7 Å². The van der Waals surface area contributed by atoms with Crippen molar-refractivity contribution in [1.82, 2.24) is 0 Å². The summed E-state index contributed by atoms with van der Waals surface area (Å²) in [6, 6.07) is 20.7. The van der Waals surface area contributed by atoms with Gasteiger partial charge in [0.1, 0.15) is 10.3 Å². The van der Waals surface area contributed by atoms with E-state index in [1.165, 1.54) is 41.5 Å². The average molecular weight is 577 g/mol. The number of nitrogens with one attached hydrogen (secondary N) is 2. The Balaban J connectivity index is 1.41. The first kappa shape index (κ1) is 27.2. The number of ether oxygens (including phenoxy) is 1. The van der Waals surface area contributed by atoms with E-state index in [9.17, 15) is 14.4 Å². The molecule has 0 saturated carbocycles. The van der Waals surface area contributed by atoms with Crippen LogP contribution in [0.25, 0.3) is 0 Å². The van der Waals surface area contributed by atoms with Crippen LogP contribution in [0, 0.1) is 0 Å². The maximum Gasteiger partial charge on any atom is 0.341 e. The molecule has 0 aliphatic heterocycles. The van der Waals surface area contributed by atoms with Crippen molar-refractivity contribution in [3.63, 3.8) is 0 Å². The van der Waals surface area contributed by atoms with Crippen molar-refractivity contribution in [3.8, 4) is 0 Å². The fourth-order valence-electron chi connectivity index (χ4n) is 4.61. The number of hydrogen-bond donors (Lipinski definition) is 2. The number of fused-ring (bicyclic) bond motifs is 1. The van der Waals surface area contributed by atoms with E-state index < -0.39 is 11.2 Å². The quantitative estimate of drug-likeness (QED) is 0.128. The number of carbonyl (C=O) groups excluding carboxylic acids is 3. The van der Waals surface area contributed by atoms with E-state index in [1.807, 2.05) is 66.0 Å². The third-order valence-corrected chi connectivity index (χ3v) is 9.80. The van der Waals surface area contributed by atoms with E-state index in [1.54, 1.807) is 6.07 Å². The highest BCUT2D eigenvalue weighted by molar-refractivity contribution is 8.00. The standard InChI is InChI=1S/C30H28N2O4S3/c1-36-30(35)25-22-14-6-3-7-15-23(22)39-29(25)32-28(34)26(19-10-4-2-5-11-19)38-21-13-8-12-20(18-21)31-27(33)24-16-9-17-37-24/h2,4-5,8-13,16-18,26H,3,6-7,14-15H2,1H3,(H,31,33)(H,32,34). The summed E-state index contributed by atoms with van der Waals surface area (Å²) in [7, 11) is 1.38. The van der Waals surface area contributed by atoms with Crippen LogP contribution < -0.4 is 10.6 Å². The lowest BCUT2D eigenvalue weighted by molar-refractivity contribution is -0.115. The molecule has 0 fully saturated rings. The zero-order valence-corrected chi connectivity index (χ0v) is 23.8. The molecule has 1 atom stereocenters. The molecule has 1 aliphatic carbocycles. The van der Waals surface area contributed by atoms with Gasteiger partial charge in [-0.25, -0.2) is 4.79 Å². The molecular weight excluding hydrogens is 549 g/mol.